The van der Waals surface area contributed by atoms with Crippen molar-refractivity contribution in [3.63, 3.8) is 0 Å². The Morgan fingerprint density at radius 1 is 1.43 bits per heavy atom. The van der Waals surface area contributed by atoms with Crippen LogP contribution in [0.4, 0.5) is 13.2 Å². The minimum Gasteiger partial charge on any atom is -0.478 e. The Hall–Kier alpha value is -1.51. The molecule has 0 unspecified atom stereocenters. The number of hydrogen-bond donors (Lipinski definition) is 0. The van der Waals surface area contributed by atoms with E-state index in [0.29, 0.717) is 0 Å². The van der Waals surface area contributed by atoms with Crippen LogP contribution < -0.4 is 9.47 Å². The van der Waals surface area contributed by atoms with E-state index in [0.717, 1.165) is 7.11 Å². The molecule has 0 bridgehead atoms. The van der Waals surface area contributed by atoms with Crippen molar-refractivity contribution in [2.75, 3.05) is 13.7 Å². The summed E-state index contributed by atoms with van der Waals surface area (Å²) in [5, 5.41) is 0.0765. The third kappa shape index (κ3) is 5.41. The topological polar surface area (TPSA) is 57.7 Å². The Bertz CT molecular complexity index is 483. The van der Waals surface area contributed by atoms with Gasteiger partial charge in [-0.3, -0.25) is 4.79 Å². The summed E-state index contributed by atoms with van der Waals surface area (Å²) < 4.78 is 50.7. The van der Waals surface area contributed by atoms with Crippen molar-refractivity contribution in [3.8, 4) is 11.6 Å². The first-order valence-corrected chi connectivity index (χ1v) is 6.97. The summed E-state index contributed by atoms with van der Waals surface area (Å²) in [6, 6.07) is 1.33. The van der Waals surface area contributed by atoms with Crippen molar-refractivity contribution in [3.05, 3.63) is 17.3 Å². The van der Waals surface area contributed by atoms with Gasteiger partial charge >= 0.3 is 12.3 Å². The van der Waals surface area contributed by atoms with Gasteiger partial charge in [0.2, 0.25) is 0 Å². The SMILES string of the molecule is CCOC(=O)Cc1cc(CBr)c(OC(F)(F)F)c(OC)n1. The molecule has 0 fully saturated rings. The Morgan fingerprint density at radius 2 is 2.10 bits per heavy atom. The predicted octanol–water partition coefficient (Wildman–Crippen LogP) is 2.99. The van der Waals surface area contributed by atoms with Crippen molar-refractivity contribution >= 4 is 21.9 Å². The van der Waals surface area contributed by atoms with Gasteiger partial charge in [-0.05, 0) is 13.0 Å². The number of carbonyl (C=O) groups excluding carboxylic acids is 1. The van der Waals surface area contributed by atoms with Gasteiger partial charge in [0.25, 0.3) is 5.88 Å². The Morgan fingerprint density at radius 3 is 2.57 bits per heavy atom. The first kappa shape index (κ1) is 17.5. The molecule has 0 amide bonds. The van der Waals surface area contributed by atoms with Gasteiger partial charge in [0.1, 0.15) is 0 Å². The van der Waals surface area contributed by atoms with Crippen molar-refractivity contribution < 1.29 is 32.2 Å². The van der Waals surface area contributed by atoms with Gasteiger partial charge in [-0.25, -0.2) is 4.98 Å². The van der Waals surface area contributed by atoms with Crippen LogP contribution in [0, 0.1) is 0 Å². The molecule has 0 N–H and O–H groups in total. The molecule has 0 spiro atoms. The van der Waals surface area contributed by atoms with Gasteiger partial charge in [0.15, 0.2) is 5.75 Å². The standard InChI is InChI=1S/C12H13BrF3NO4/c1-3-20-9(18)5-8-4-7(6-13)10(11(17-8)19-2)21-12(14,15)16/h4H,3,5-6H2,1-2H3. The molecule has 118 valence electrons. The van der Waals surface area contributed by atoms with E-state index in [-0.39, 0.29) is 35.5 Å². The number of hydrogen-bond acceptors (Lipinski definition) is 5. The van der Waals surface area contributed by atoms with Crippen LogP contribution in [-0.2, 0) is 21.3 Å². The van der Waals surface area contributed by atoms with Gasteiger partial charge in [-0.15, -0.1) is 13.2 Å². The highest BCUT2D eigenvalue weighted by atomic mass is 79.9. The number of carbonyl (C=O) groups is 1. The monoisotopic (exact) mass is 371 g/mol. The molecular formula is C12H13BrF3NO4. The molecule has 0 atom stereocenters. The largest absolute Gasteiger partial charge is 0.573 e. The maximum atomic E-state index is 12.4. The lowest BCUT2D eigenvalue weighted by Gasteiger charge is -2.16. The molecule has 9 heteroatoms. The highest BCUT2D eigenvalue weighted by Crippen LogP contribution is 2.35. The Kier molecular flexibility index (Phi) is 6.25. The number of halogens is 4. The number of alkyl halides is 4. The van der Waals surface area contributed by atoms with E-state index in [1.165, 1.54) is 6.07 Å². The van der Waals surface area contributed by atoms with Crippen molar-refractivity contribution in [1.29, 1.82) is 0 Å². The van der Waals surface area contributed by atoms with Gasteiger partial charge in [0.05, 0.1) is 25.8 Å². The highest BCUT2D eigenvalue weighted by molar-refractivity contribution is 9.08. The average Bonchev–Trinajstić information content (AvgIpc) is 2.38. The minimum atomic E-state index is -4.87. The molecule has 0 aliphatic carbocycles. The van der Waals surface area contributed by atoms with Crippen LogP contribution in [0.25, 0.3) is 0 Å². The first-order valence-electron chi connectivity index (χ1n) is 5.84. The maximum Gasteiger partial charge on any atom is 0.573 e. The third-order valence-electron chi connectivity index (χ3n) is 2.26. The zero-order chi connectivity index (χ0) is 16.0. The van der Waals surface area contributed by atoms with Crippen molar-refractivity contribution in [2.24, 2.45) is 0 Å². The van der Waals surface area contributed by atoms with E-state index in [9.17, 15) is 18.0 Å². The van der Waals surface area contributed by atoms with Gasteiger partial charge < -0.3 is 14.2 Å². The van der Waals surface area contributed by atoms with Crippen LogP contribution in [0.1, 0.15) is 18.2 Å². The fraction of sp³-hybridized carbons (Fsp3) is 0.500. The Labute approximate surface area is 127 Å². The number of esters is 1. The summed E-state index contributed by atoms with van der Waals surface area (Å²) in [5.41, 5.74) is 0.396. The van der Waals surface area contributed by atoms with E-state index < -0.39 is 18.1 Å². The van der Waals surface area contributed by atoms with Gasteiger partial charge in [0, 0.05) is 10.9 Å². The molecule has 0 aliphatic heterocycles. The highest BCUT2D eigenvalue weighted by Gasteiger charge is 2.34. The van der Waals surface area contributed by atoms with E-state index in [4.69, 9.17) is 9.47 Å². The lowest BCUT2D eigenvalue weighted by Crippen LogP contribution is -2.19. The molecule has 1 aromatic rings. The number of nitrogens with zero attached hydrogens (tertiary/aromatic N) is 1. The second-order valence-corrected chi connectivity index (χ2v) is 4.34. The quantitative estimate of drug-likeness (QED) is 0.568. The fourth-order valence-electron chi connectivity index (χ4n) is 1.53. The van der Waals surface area contributed by atoms with Crippen LogP contribution in [0.2, 0.25) is 0 Å². The number of rotatable bonds is 6. The second-order valence-electron chi connectivity index (χ2n) is 3.77. The fourth-order valence-corrected chi connectivity index (χ4v) is 1.95. The van der Waals surface area contributed by atoms with Crippen LogP contribution in [0.3, 0.4) is 0 Å². The molecule has 5 nitrogen and oxygen atoms in total. The van der Waals surface area contributed by atoms with Gasteiger partial charge in [-0.2, -0.15) is 0 Å². The van der Waals surface area contributed by atoms with Gasteiger partial charge in [-0.1, -0.05) is 15.9 Å². The maximum absolute atomic E-state index is 12.4. The molecule has 1 heterocycles. The van der Waals surface area contributed by atoms with E-state index >= 15 is 0 Å². The summed E-state index contributed by atoms with van der Waals surface area (Å²) in [6.07, 6.45) is -5.04. The third-order valence-corrected chi connectivity index (χ3v) is 2.86. The molecule has 0 saturated carbocycles. The molecule has 1 aromatic heterocycles. The molecule has 0 saturated heterocycles. The first-order chi connectivity index (χ1) is 9.80. The Balaban J connectivity index is 3.14. The smallest absolute Gasteiger partial charge is 0.478 e. The zero-order valence-electron chi connectivity index (χ0n) is 11.3. The summed E-state index contributed by atoms with van der Waals surface area (Å²) >= 11 is 3.06. The number of ether oxygens (including phenoxy) is 3. The van der Waals surface area contributed by atoms with Crippen molar-refractivity contribution in [2.45, 2.75) is 25.0 Å². The van der Waals surface area contributed by atoms with E-state index in [1.54, 1.807) is 6.92 Å². The lowest BCUT2D eigenvalue weighted by atomic mass is 10.2. The zero-order valence-corrected chi connectivity index (χ0v) is 12.9. The predicted molar refractivity (Wildman–Crippen MR) is 70.4 cm³/mol. The van der Waals surface area contributed by atoms with Crippen LogP contribution >= 0.6 is 15.9 Å². The molecule has 0 aromatic carbocycles. The van der Waals surface area contributed by atoms with Crippen LogP contribution in [-0.4, -0.2) is 31.0 Å². The number of aromatic nitrogens is 1. The normalized spacial score (nSPS) is 11.1. The van der Waals surface area contributed by atoms with E-state index in [2.05, 4.69) is 25.7 Å². The summed E-state index contributed by atoms with van der Waals surface area (Å²) in [7, 11) is 1.16. The van der Waals surface area contributed by atoms with Crippen molar-refractivity contribution in [1.82, 2.24) is 4.98 Å². The van der Waals surface area contributed by atoms with Crippen LogP contribution in [0.5, 0.6) is 11.6 Å². The number of pyridine rings is 1. The summed E-state index contributed by atoms with van der Waals surface area (Å²) in [6.45, 7) is 1.85. The minimum absolute atomic E-state index is 0.0765. The summed E-state index contributed by atoms with van der Waals surface area (Å²) in [5.74, 6) is -1.41. The molecule has 21 heavy (non-hydrogen) atoms. The second kappa shape index (κ2) is 7.48. The average molecular weight is 372 g/mol. The lowest BCUT2D eigenvalue weighted by molar-refractivity contribution is -0.275. The molecule has 0 aliphatic rings. The molecule has 0 radical (unpaired) electrons. The number of methoxy groups -OCH3 is 1. The van der Waals surface area contributed by atoms with Crippen LogP contribution in [0.15, 0.2) is 6.07 Å². The molecular weight excluding hydrogens is 359 g/mol. The summed E-state index contributed by atoms with van der Waals surface area (Å²) in [4.78, 5) is 15.2. The van der Waals surface area contributed by atoms with E-state index in [1.807, 2.05) is 0 Å². The molecule has 1 rings (SSSR count).